The number of hydrogen-bond donors (Lipinski definition) is 2. The number of aliphatic hydroxyl groups excluding tert-OH is 1. The van der Waals surface area contributed by atoms with E-state index >= 15 is 0 Å². The number of aliphatic hydroxyl groups is 1. The highest BCUT2D eigenvalue weighted by atomic mass is 32.1. The van der Waals surface area contributed by atoms with E-state index in [0.29, 0.717) is 6.04 Å². The monoisotopic (exact) mass is 332 g/mol. The molecule has 1 aliphatic rings. The molecule has 2 aromatic heterocycles. The van der Waals surface area contributed by atoms with E-state index in [1.165, 1.54) is 23.5 Å². The predicted octanol–water partition coefficient (Wildman–Crippen LogP) is 3.31. The second kappa shape index (κ2) is 5.90. The minimum Gasteiger partial charge on any atom is -0.393 e. The Morgan fingerprint density at radius 2 is 2.09 bits per heavy atom. The average molecular weight is 332 g/mol. The van der Waals surface area contributed by atoms with Crippen molar-refractivity contribution >= 4 is 21.4 Å². The van der Waals surface area contributed by atoms with Crippen LogP contribution in [0.15, 0.2) is 30.5 Å². The first-order valence-electron chi connectivity index (χ1n) is 7.74. The van der Waals surface area contributed by atoms with Crippen LogP contribution in [-0.2, 0) is 0 Å². The summed E-state index contributed by atoms with van der Waals surface area (Å²) < 4.78 is 15.0. The van der Waals surface area contributed by atoms with Gasteiger partial charge >= 0.3 is 0 Å². The third-order valence-electron chi connectivity index (χ3n) is 4.19. The molecule has 23 heavy (non-hydrogen) atoms. The van der Waals surface area contributed by atoms with E-state index in [0.717, 1.165) is 47.0 Å². The van der Waals surface area contributed by atoms with Gasteiger partial charge in [0.25, 0.3) is 0 Å². The SMILES string of the molecule is OC1CCC(Nc2nn3cc(-c4cccc(F)c4)nc3s2)CC1. The van der Waals surface area contributed by atoms with Crippen LogP contribution < -0.4 is 5.32 Å². The van der Waals surface area contributed by atoms with E-state index in [9.17, 15) is 9.50 Å². The summed E-state index contributed by atoms with van der Waals surface area (Å²) in [7, 11) is 0. The molecule has 0 atom stereocenters. The summed E-state index contributed by atoms with van der Waals surface area (Å²) in [5.41, 5.74) is 1.47. The van der Waals surface area contributed by atoms with Crippen molar-refractivity contribution in [1.29, 1.82) is 0 Å². The van der Waals surface area contributed by atoms with Crippen molar-refractivity contribution in [2.24, 2.45) is 0 Å². The fraction of sp³-hybridized carbons (Fsp3) is 0.375. The average Bonchev–Trinajstić information content (AvgIpc) is 3.08. The topological polar surface area (TPSA) is 62.5 Å². The largest absolute Gasteiger partial charge is 0.393 e. The van der Waals surface area contributed by atoms with Crippen LogP contribution in [0.3, 0.4) is 0 Å². The van der Waals surface area contributed by atoms with E-state index in [-0.39, 0.29) is 11.9 Å². The van der Waals surface area contributed by atoms with E-state index in [1.54, 1.807) is 10.6 Å². The molecule has 0 aliphatic heterocycles. The van der Waals surface area contributed by atoms with Gasteiger partial charge in [-0.05, 0) is 37.8 Å². The molecule has 1 fully saturated rings. The number of aromatic nitrogens is 3. The molecule has 0 unspecified atom stereocenters. The van der Waals surface area contributed by atoms with Gasteiger partial charge in [0.2, 0.25) is 10.1 Å². The van der Waals surface area contributed by atoms with Gasteiger partial charge in [-0.1, -0.05) is 23.5 Å². The van der Waals surface area contributed by atoms with Crippen molar-refractivity contribution in [3.63, 3.8) is 0 Å². The molecule has 1 aromatic carbocycles. The molecule has 5 nitrogen and oxygen atoms in total. The first-order chi connectivity index (χ1) is 11.2. The quantitative estimate of drug-likeness (QED) is 0.772. The van der Waals surface area contributed by atoms with E-state index in [4.69, 9.17) is 0 Å². The van der Waals surface area contributed by atoms with Gasteiger partial charge in [-0.25, -0.2) is 13.9 Å². The van der Waals surface area contributed by atoms with Gasteiger partial charge in [-0.2, -0.15) is 0 Å². The molecular weight excluding hydrogens is 315 g/mol. The van der Waals surface area contributed by atoms with Crippen LogP contribution in [0, 0.1) is 5.82 Å². The van der Waals surface area contributed by atoms with Crippen LogP contribution in [0.25, 0.3) is 16.2 Å². The molecule has 7 heteroatoms. The van der Waals surface area contributed by atoms with Crippen molar-refractivity contribution in [2.75, 3.05) is 5.32 Å². The van der Waals surface area contributed by atoms with Gasteiger partial charge in [0.15, 0.2) is 0 Å². The molecule has 1 saturated carbocycles. The van der Waals surface area contributed by atoms with Crippen LogP contribution >= 0.6 is 11.3 Å². The smallest absolute Gasteiger partial charge is 0.214 e. The molecule has 0 radical (unpaired) electrons. The zero-order valence-corrected chi connectivity index (χ0v) is 13.3. The zero-order chi connectivity index (χ0) is 15.8. The number of anilines is 1. The van der Waals surface area contributed by atoms with Crippen molar-refractivity contribution in [2.45, 2.75) is 37.8 Å². The van der Waals surface area contributed by atoms with Gasteiger partial charge in [0.05, 0.1) is 18.0 Å². The number of nitrogens with one attached hydrogen (secondary N) is 1. The Kier molecular flexibility index (Phi) is 3.74. The van der Waals surface area contributed by atoms with Gasteiger partial charge in [-0.15, -0.1) is 5.10 Å². The molecule has 0 bridgehead atoms. The summed E-state index contributed by atoms with van der Waals surface area (Å²) in [6, 6.07) is 6.76. The van der Waals surface area contributed by atoms with Crippen LogP contribution in [0.5, 0.6) is 0 Å². The highest BCUT2D eigenvalue weighted by molar-refractivity contribution is 7.20. The van der Waals surface area contributed by atoms with Gasteiger partial charge in [0.1, 0.15) is 5.82 Å². The van der Waals surface area contributed by atoms with Gasteiger partial charge < -0.3 is 10.4 Å². The molecule has 0 saturated heterocycles. The fourth-order valence-electron chi connectivity index (χ4n) is 2.94. The van der Waals surface area contributed by atoms with Crippen molar-refractivity contribution in [3.8, 4) is 11.3 Å². The Hall–Kier alpha value is -1.99. The lowest BCUT2D eigenvalue weighted by atomic mass is 9.93. The van der Waals surface area contributed by atoms with Gasteiger partial charge in [-0.3, -0.25) is 0 Å². The van der Waals surface area contributed by atoms with Crippen molar-refractivity contribution in [1.82, 2.24) is 14.6 Å². The maximum atomic E-state index is 13.3. The number of fused-ring (bicyclic) bond motifs is 1. The van der Waals surface area contributed by atoms with Crippen molar-refractivity contribution in [3.05, 3.63) is 36.3 Å². The Morgan fingerprint density at radius 1 is 1.26 bits per heavy atom. The molecule has 2 heterocycles. The van der Waals surface area contributed by atoms with Crippen LogP contribution in [-0.4, -0.2) is 31.9 Å². The van der Waals surface area contributed by atoms with Crippen LogP contribution in [0.1, 0.15) is 25.7 Å². The Balaban J connectivity index is 1.52. The number of nitrogens with zero attached hydrogens (tertiary/aromatic N) is 3. The molecule has 120 valence electrons. The number of halogens is 1. The number of rotatable bonds is 3. The lowest BCUT2D eigenvalue weighted by Crippen LogP contribution is -2.28. The first-order valence-corrected chi connectivity index (χ1v) is 8.56. The third kappa shape index (κ3) is 3.07. The summed E-state index contributed by atoms with van der Waals surface area (Å²) in [4.78, 5) is 5.30. The van der Waals surface area contributed by atoms with Crippen LogP contribution in [0.4, 0.5) is 9.52 Å². The minimum absolute atomic E-state index is 0.157. The lowest BCUT2D eigenvalue weighted by molar-refractivity contribution is 0.126. The Morgan fingerprint density at radius 3 is 2.83 bits per heavy atom. The van der Waals surface area contributed by atoms with E-state index in [2.05, 4.69) is 15.4 Å². The van der Waals surface area contributed by atoms with E-state index < -0.39 is 0 Å². The third-order valence-corrected chi connectivity index (χ3v) is 5.04. The summed E-state index contributed by atoms with van der Waals surface area (Å²) >= 11 is 1.48. The molecule has 2 N–H and O–H groups in total. The predicted molar refractivity (Wildman–Crippen MR) is 88.1 cm³/mol. The fourth-order valence-corrected chi connectivity index (χ4v) is 3.80. The first kappa shape index (κ1) is 14.6. The number of imidazole rings is 1. The molecule has 0 amide bonds. The van der Waals surface area contributed by atoms with Gasteiger partial charge in [0, 0.05) is 11.6 Å². The second-order valence-corrected chi connectivity index (χ2v) is 6.88. The molecule has 4 rings (SSSR count). The normalized spacial score (nSPS) is 21.7. The highest BCUT2D eigenvalue weighted by Gasteiger charge is 2.20. The summed E-state index contributed by atoms with van der Waals surface area (Å²) in [5.74, 6) is -0.270. The number of benzene rings is 1. The zero-order valence-electron chi connectivity index (χ0n) is 12.4. The summed E-state index contributed by atoms with van der Waals surface area (Å²) in [6.07, 6.45) is 5.25. The number of hydrogen-bond acceptors (Lipinski definition) is 5. The molecule has 0 spiro atoms. The summed E-state index contributed by atoms with van der Waals surface area (Å²) in [6.45, 7) is 0. The maximum Gasteiger partial charge on any atom is 0.214 e. The molecular formula is C16H17FN4OS. The maximum absolute atomic E-state index is 13.3. The summed E-state index contributed by atoms with van der Waals surface area (Å²) in [5, 5.41) is 18.3. The Labute approximate surface area is 136 Å². The minimum atomic E-state index is -0.270. The molecule has 1 aliphatic carbocycles. The van der Waals surface area contributed by atoms with E-state index in [1.807, 2.05) is 12.3 Å². The Bertz CT molecular complexity index is 791. The van der Waals surface area contributed by atoms with Crippen molar-refractivity contribution < 1.29 is 9.50 Å². The standard InChI is InChI=1S/C16H17FN4OS/c17-11-3-1-2-10(8-11)14-9-21-16(19-14)23-15(20-21)18-12-4-6-13(22)7-5-12/h1-3,8-9,12-13,22H,4-7H2,(H,18,20). The highest BCUT2D eigenvalue weighted by Crippen LogP contribution is 2.27. The van der Waals surface area contributed by atoms with Crippen LogP contribution in [0.2, 0.25) is 0 Å². The molecule has 3 aromatic rings. The second-order valence-electron chi connectivity index (χ2n) is 5.92. The lowest BCUT2D eigenvalue weighted by Gasteiger charge is -2.25.